The van der Waals surface area contributed by atoms with Crippen molar-refractivity contribution >= 4 is 15.9 Å². The van der Waals surface area contributed by atoms with Gasteiger partial charge in [-0.3, -0.25) is 4.79 Å². The summed E-state index contributed by atoms with van der Waals surface area (Å²) >= 11 is 0. The van der Waals surface area contributed by atoms with Crippen LogP contribution in [0.5, 0.6) is 5.75 Å². The maximum absolute atomic E-state index is 12.8. The number of benzene rings is 1. The normalized spacial score (nSPS) is 16.4. The van der Waals surface area contributed by atoms with Crippen molar-refractivity contribution in [3.05, 3.63) is 24.3 Å². The molecule has 1 fully saturated rings. The van der Waals surface area contributed by atoms with E-state index in [0.717, 1.165) is 25.9 Å². The van der Waals surface area contributed by atoms with Crippen molar-refractivity contribution in [1.29, 1.82) is 0 Å². The van der Waals surface area contributed by atoms with Gasteiger partial charge in [-0.05, 0) is 49.9 Å². The van der Waals surface area contributed by atoms with Gasteiger partial charge in [0.05, 0.1) is 12.0 Å². The number of amides is 1. The van der Waals surface area contributed by atoms with Crippen LogP contribution in [0.15, 0.2) is 29.2 Å². The average molecular weight is 383 g/mol. The van der Waals surface area contributed by atoms with Crippen LogP contribution < -0.4 is 4.74 Å². The number of nitrogens with zero attached hydrogens (tertiary/aromatic N) is 2. The fraction of sp³-hybridized carbons (Fsp3) is 0.632. The number of sulfonamides is 1. The molecule has 0 saturated carbocycles. The number of carbonyl (C=O) groups excluding carboxylic acids is 1. The highest BCUT2D eigenvalue weighted by atomic mass is 32.2. The minimum absolute atomic E-state index is 0.0737. The maximum Gasteiger partial charge on any atom is 0.243 e. The molecule has 26 heavy (non-hydrogen) atoms. The van der Waals surface area contributed by atoms with Gasteiger partial charge in [0, 0.05) is 32.1 Å². The molecule has 1 aliphatic heterocycles. The van der Waals surface area contributed by atoms with Gasteiger partial charge in [-0.1, -0.05) is 13.8 Å². The van der Waals surface area contributed by atoms with E-state index >= 15 is 0 Å². The Labute approximate surface area is 157 Å². The smallest absolute Gasteiger partial charge is 0.243 e. The third-order valence-corrected chi connectivity index (χ3v) is 6.71. The lowest BCUT2D eigenvalue weighted by atomic mass is 9.96. The second-order valence-electron chi connectivity index (χ2n) is 6.68. The predicted octanol–water partition coefficient (Wildman–Crippen LogP) is 2.74. The second-order valence-corrected chi connectivity index (χ2v) is 8.62. The van der Waals surface area contributed by atoms with Gasteiger partial charge in [0.25, 0.3) is 0 Å². The first-order valence-corrected chi connectivity index (χ1v) is 10.8. The summed E-state index contributed by atoms with van der Waals surface area (Å²) in [5, 5.41) is 0. The molecule has 0 aromatic heterocycles. The quantitative estimate of drug-likeness (QED) is 0.693. The summed E-state index contributed by atoms with van der Waals surface area (Å²) in [6, 6.07) is 6.43. The zero-order chi connectivity index (χ0) is 19.2. The van der Waals surface area contributed by atoms with Crippen molar-refractivity contribution in [3.8, 4) is 5.75 Å². The molecule has 0 N–H and O–H groups in total. The molecule has 0 bridgehead atoms. The topological polar surface area (TPSA) is 66.9 Å². The van der Waals surface area contributed by atoms with Crippen molar-refractivity contribution < 1.29 is 17.9 Å². The van der Waals surface area contributed by atoms with E-state index in [1.54, 1.807) is 31.4 Å². The zero-order valence-corrected chi connectivity index (χ0v) is 16.8. The predicted molar refractivity (Wildman–Crippen MR) is 102 cm³/mol. The van der Waals surface area contributed by atoms with Gasteiger partial charge >= 0.3 is 0 Å². The second kappa shape index (κ2) is 9.37. The molecule has 1 heterocycles. The van der Waals surface area contributed by atoms with Crippen LogP contribution in [0.4, 0.5) is 0 Å². The van der Waals surface area contributed by atoms with Crippen LogP contribution in [-0.4, -0.2) is 56.8 Å². The molecule has 0 radical (unpaired) electrons. The lowest BCUT2D eigenvalue weighted by Gasteiger charge is -2.33. The summed E-state index contributed by atoms with van der Waals surface area (Å²) in [6.45, 7) is 6.46. The number of ether oxygens (including phenoxy) is 1. The van der Waals surface area contributed by atoms with Gasteiger partial charge < -0.3 is 9.64 Å². The van der Waals surface area contributed by atoms with E-state index in [0.29, 0.717) is 31.7 Å². The Hall–Kier alpha value is -1.60. The van der Waals surface area contributed by atoms with Crippen molar-refractivity contribution in [2.45, 2.75) is 44.4 Å². The van der Waals surface area contributed by atoms with E-state index in [1.165, 1.54) is 4.31 Å². The first-order chi connectivity index (χ1) is 12.4. The summed E-state index contributed by atoms with van der Waals surface area (Å²) in [7, 11) is -1.98. The highest BCUT2D eigenvalue weighted by Crippen LogP contribution is 2.26. The molecule has 1 aromatic rings. The average Bonchev–Trinajstić information content (AvgIpc) is 2.67. The largest absolute Gasteiger partial charge is 0.497 e. The molecule has 1 amide bonds. The van der Waals surface area contributed by atoms with E-state index in [1.807, 2.05) is 4.90 Å². The fourth-order valence-electron chi connectivity index (χ4n) is 3.37. The van der Waals surface area contributed by atoms with Gasteiger partial charge in [0.1, 0.15) is 5.75 Å². The van der Waals surface area contributed by atoms with Gasteiger partial charge in [0.15, 0.2) is 0 Å². The number of carbonyl (C=O) groups is 1. The molecule has 0 atom stereocenters. The van der Waals surface area contributed by atoms with Gasteiger partial charge in [-0.15, -0.1) is 0 Å². The van der Waals surface area contributed by atoms with Crippen LogP contribution in [0.2, 0.25) is 0 Å². The molecule has 2 rings (SSSR count). The Balaban J connectivity index is 2.01. The zero-order valence-electron chi connectivity index (χ0n) is 16.0. The SMILES string of the molecule is CCCN(CCC)C(=O)C1CCN(S(=O)(=O)c2ccc(OC)cc2)CC1. The molecule has 6 nitrogen and oxygen atoms in total. The molecular weight excluding hydrogens is 352 g/mol. The Bertz CT molecular complexity index is 674. The summed E-state index contributed by atoms with van der Waals surface area (Å²) in [6.07, 6.45) is 3.04. The lowest BCUT2D eigenvalue weighted by molar-refractivity contribution is -0.136. The molecule has 1 aliphatic rings. The third-order valence-electron chi connectivity index (χ3n) is 4.80. The highest BCUT2D eigenvalue weighted by Gasteiger charge is 2.33. The van der Waals surface area contributed by atoms with Crippen LogP contribution in [0, 0.1) is 5.92 Å². The first-order valence-electron chi connectivity index (χ1n) is 9.37. The van der Waals surface area contributed by atoms with Gasteiger partial charge in [-0.25, -0.2) is 8.42 Å². The molecule has 0 spiro atoms. The molecule has 1 saturated heterocycles. The lowest BCUT2D eigenvalue weighted by Crippen LogP contribution is -2.44. The maximum atomic E-state index is 12.8. The fourth-order valence-corrected chi connectivity index (χ4v) is 4.84. The minimum atomic E-state index is -3.52. The molecule has 146 valence electrons. The standard InChI is InChI=1S/C19H30N2O4S/c1-4-12-20(13-5-2)19(22)16-10-14-21(15-11-16)26(23,24)18-8-6-17(25-3)7-9-18/h6-9,16H,4-5,10-15H2,1-3H3. The van der Waals surface area contributed by atoms with E-state index in [9.17, 15) is 13.2 Å². The molecule has 0 aliphatic carbocycles. The van der Waals surface area contributed by atoms with Crippen LogP contribution in [0.1, 0.15) is 39.5 Å². The van der Waals surface area contributed by atoms with Gasteiger partial charge in [0.2, 0.25) is 15.9 Å². The molecule has 1 aromatic carbocycles. The first kappa shape index (κ1) is 20.7. The Kier molecular flexibility index (Phi) is 7.46. The number of rotatable bonds is 8. The Morgan fingerprint density at radius 2 is 1.65 bits per heavy atom. The van der Waals surface area contributed by atoms with Gasteiger partial charge in [-0.2, -0.15) is 4.31 Å². The summed E-state index contributed by atoms with van der Waals surface area (Å²) in [5.74, 6) is 0.728. The number of methoxy groups -OCH3 is 1. The number of hydrogen-bond acceptors (Lipinski definition) is 4. The van der Waals surface area contributed by atoms with Crippen molar-refractivity contribution in [2.75, 3.05) is 33.3 Å². The minimum Gasteiger partial charge on any atom is -0.497 e. The summed E-state index contributed by atoms with van der Waals surface area (Å²) in [4.78, 5) is 14.9. The third kappa shape index (κ3) is 4.76. The Morgan fingerprint density at radius 3 is 2.12 bits per heavy atom. The van der Waals surface area contributed by atoms with E-state index in [2.05, 4.69) is 13.8 Å². The van der Waals surface area contributed by atoms with Crippen molar-refractivity contribution in [2.24, 2.45) is 5.92 Å². The van der Waals surface area contributed by atoms with E-state index in [4.69, 9.17) is 4.74 Å². The van der Waals surface area contributed by atoms with Crippen molar-refractivity contribution in [1.82, 2.24) is 9.21 Å². The van der Waals surface area contributed by atoms with E-state index in [-0.39, 0.29) is 16.7 Å². The number of piperidine rings is 1. The monoisotopic (exact) mass is 382 g/mol. The van der Waals surface area contributed by atoms with Crippen LogP contribution in [0.3, 0.4) is 0 Å². The molecule has 7 heteroatoms. The highest BCUT2D eigenvalue weighted by molar-refractivity contribution is 7.89. The van der Waals surface area contributed by atoms with Crippen molar-refractivity contribution in [3.63, 3.8) is 0 Å². The number of hydrogen-bond donors (Lipinski definition) is 0. The molecular formula is C19H30N2O4S. The molecule has 0 unspecified atom stereocenters. The van der Waals surface area contributed by atoms with Crippen LogP contribution in [-0.2, 0) is 14.8 Å². The van der Waals surface area contributed by atoms with Crippen LogP contribution in [0.25, 0.3) is 0 Å². The summed E-state index contributed by atoms with van der Waals surface area (Å²) in [5.41, 5.74) is 0. The Morgan fingerprint density at radius 1 is 1.12 bits per heavy atom. The summed E-state index contributed by atoms with van der Waals surface area (Å²) < 4.78 is 32.2. The van der Waals surface area contributed by atoms with E-state index < -0.39 is 10.0 Å². The van der Waals surface area contributed by atoms with Crippen LogP contribution >= 0.6 is 0 Å².